The Labute approximate surface area is 101 Å². The highest BCUT2D eigenvalue weighted by Gasteiger charge is 2.21. The van der Waals surface area contributed by atoms with E-state index < -0.39 is 6.10 Å². The van der Waals surface area contributed by atoms with Crippen molar-refractivity contribution in [1.29, 1.82) is 0 Å². The van der Waals surface area contributed by atoms with E-state index in [9.17, 15) is 9.90 Å². The number of aliphatic hydroxyl groups is 1. The lowest BCUT2D eigenvalue weighted by Gasteiger charge is -2.28. The second kappa shape index (κ2) is 5.91. The number of hydrogen-bond donors (Lipinski definition) is 2. The molecule has 1 aromatic carbocycles. The van der Waals surface area contributed by atoms with E-state index in [4.69, 9.17) is 0 Å². The van der Waals surface area contributed by atoms with Crippen molar-refractivity contribution in [2.24, 2.45) is 0 Å². The minimum Gasteiger partial charge on any atom is -0.384 e. The van der Waals surface area contributed by atoms with Crippen LogP contribution in [0.2, 0.25) is 0 Å². The summed E-state index contributed by atoms with van der Waals surface area (Å²) in [6, 6.07) is 8.96. The molecule has 2 N–H and O–H groups in total. The zero-order chi connectivity index (χ0) is 12.1. The lowest BCUT2D eigenvalue weighted by Crippen LogP contribution is -2.47. The third-order valence-electron chi connectivity index (χ3n) is 3.00. The molecule has 0 aromatic heterocycles. The molecule has 4 heteroatoms. The maximum absolute atomic E-state index is 11.9. The van der Waals surface area contributed by atoms with Crippen molar-refractivity contribution in [3.05, 3.63) is 35.9 Å². The van der Waals surface area contributed by atoms with E-state index in [1.807, 2.05) is 18.2 Å². The Morgan fingerprint density at radius 2 is 1.94 bits per heavy atom. The third kappa shape index (κ3) is 3.36. The lowest BCUT2D eigenvalue weighted by molar-refractivity contribution is 0.0627. The van der Waals surface area contributed by atoms with Crippen molar-refractivity contribution in [3.63, 3.8) is 0 Å². The zero-order valence-electron chi connectivity index (χ0n) is 9.80. The third-order valence-corrected chi connectivity index (χ3v) is 3.00. The van der Waals surface area contributed by atoms with Crippen molar-refractivity contribution >= 4 is 5.78 Å². The Morgan fingerprint density at radius 1 is 1.29 bits per heavy atom. The first kappa shape index (κ1) is 12.2. The molecule has 17 heavy (non-hydrogen) atoms. The lowest BCUT2D eigenvalue weighted by atomic mass is 10.1. The Morgan fingerprint density at radius 3 is 2.59 bits per heavy atom. The number of piperazine rings is 1. The van der Waals surface area contributed by atoms with Crippen LogP contribution in [0.15, 0.2) is 30.3 Å². The molecule has 0 bridgehead atoms. The fraction of sp³-hybridized carbons (Fsp3) is 0.462. The number of aliphatic hydroxyl groups excluding tert-OH is 1. The summed E-state index contributed by atoms with van der Waals surface area (Å²) < 4.78 is 0. The number of rotatable bonds is 4. The van der Waals surface area contributed by atoms with Gasteiger partial charge in [-0.1, -0.05) is 30.3 Å². The number of ketones is 1. The predicted octanol–water partition coefficient (Wildman–Crippen LogP) is 0.135. The monoisotopic (exact) mass is 234 g/mol. The SMILES string of the molecule is O=C(c1ccccc1)C(O)CN1CCNCC1. The largest absolute Gasteiger partial charge is 0.384 e. The summed E-state index contributed by atoms with van der Waals surface area (Å²) in [6.07, 6.45) is -0.921. The summed E-state index contributed by atoms with van der Waals surface area (Å²) in [4.78, 5) is 14.0. The van der Waals surface area contributed by atoms with Crippen molar-refractivity contribution in [2.45, 2.75) is 6.10 Å². The molecule has 1 aliphatic rings. The second-order valence-corrected chi connectivity index (χ2v) is 4.30. The Hall–Kier alpha value is -1.23. The molecular weight excluding hydrogens is 216 g/mol. The van der Waals surface area contributed by atoms with E-state index in [-0.39, 0.29) is 5.78 Å². The van der Waals surface area contributed by atoms with Gasteiger partial charge in [-0.3, -0.25) is 9.69 Å². The summed E-state index contributed by atoms with van der Waals surface area (Å²) in [5, 5.41) is 13.2. The highest BCUT2D eigenvalue weighted by atomic mass is 16.3. The molecule has 92 valence electrons. The second-order valence-electron chi connectivity index (χ2n) is 4.30. The molecular formula is C13H18N2O2. The number of hydrogen-bond acceptors (Lipinski definition) is 4. The minimum absolute atomic E-state index is 0.191. The van der Waals surface area contributed by atoms with Crippen LogP contribution in [0.5, 0.6) is 0 Å². The maximum atomic E-state index is 11.9. The summed E-state index contributed by atoms with van der Waals surface area (Å²) in [5.74, 6) is -0.191. The van der Waals surface area contributed by atoms with Gasteiger partial charge in [0.15, 0.2) is 5.78 Å². The number of β-amino-alcohol motifs (C(OH)–C–C–N with tert-alkyl or cyclic N) is 1. The number of benzene rings is 1. The van der Waals surface area contributed by atoms with Crippen LogP contribution in [0, 0.1) is 0 Å². The average Bonchev–Trinajstić information content (AvgIpc) is 2.40. The fourth-order valence-corrected chi connectivity index (χ4v) is 2.02. The number of carbonyl (C=O) groups excluding carboxylic acids is 1. The van der Waals surface area contributed by atoms with Crippen LogP contribution < -0.4 is 5.32 Å². The molecule has 2 rings (SSSR count). The molecule has 1 fully saturated rings. The zero-order valence-corrected chi connectivity index (χ0v) is 9.80. The van der Waals surface area contributed by atoms with Gasteiger partial charge in [0, 0.05) is 38.3 Å². The molecule has 1 saturated heterocycles. The number of Topliss-reactive ketones (excluding diaryl/α,β-unsaturated/α-hetero) is 1. The number of carbonyl (C=O) groups is 1. The predicted molar refractivity (Wildman–Crippen MR) is 66.1 cm³/mol. The van der Waals surface area contributed by atoms with Crippen LogP contribution in [-0.2, 0) is 0 Å². The molecule has 1 aliphatic heterocycles. The molecule has 4 nitrogen and oxygen atoms in total. The van der Waals surface area contributed by atoms with Gasteiger partial charge in [0.1, 0.15) is 6.10 Å². The molecule has 0 amide bonds. The van der Waals surface area contributed by atoms with E-state index in [1.165, 1.54) is 0 Å². The number of nitrogens with zero attached hydrogens (tertiary/aromatic N) is 1. The van der Waals surface area contributed by atoms with Crippen LogP contribution in [0.3, 0.4) is 0 Å². The van der Waals surface area contributed by atoms with Gasteiger partial charge in [-0.05, 0) is 0 Å². The molecule has 0 radical (unpaired) electrons. The van der Waals surface area contributed by atoms with Crippen molar-refractivity contribution in [3.8, 4) is 0 Å². The molecule has 1 aromatic rings. The Balaban J connectivity index is 1.91. The quantitative estimate of drug-likeness (QED) is 0.727. The summed E-state index contributed by atoms with van der Waals surface area (Å²) in [6.45, 7) is 4.05. The van der Waals surface area contributed by atoms with Gasteiger partial charge in [-0.2, -0.15) is 0 Å². The summed E-state index contributed by atoms with van der Waals surface area (Å²) >= 11 is 0. The first-order valence-corrected chi connectivity index (χ1v) is 5.98. The normalized spacial score (nSPS) is 18.9. The first-order valence-electron chi connectivity index (χ1n) is 5.98. The Kier molecular flexibility index (Phi) is 4.25. The number of nitrogens with one attached hydrogen (secondary N) is 1. The maximum Gasteiger partial charge on any atom is 0.192 e. The van der Waals surface area contributed by atoms with Crippen molar-refractivity contribution in [1.82, 2.24) is 10.2 Å². The van der Waals surface area contributed by atoms with E-state index in [0.717, 1.165) is 26.2 Å². The van der Waals surface area contributed by atoms with Gasteiger partial charge in [-0.25, -0.2) is 0 Å². The van der Waals surface area contributed by atoms with Crippen LogP contribution in [-0.4, -0.2) is 54.6 Å². The van der Waals surface area contributed by atoms with E-state index in [2.05, 4.69) is 10.2 Å². The van der Waals surface area contributed by atoms with E-state index >= 15 is 0 Å². The van der Waals surface area contributed by atoms with Crippen LogP contribution in [0.25, 0.3) is 0 Å². The van der Waals surface area contributed by atoms with E-state index in [1.54, 1.807) is 12.1 Å². The topological polar surface area (TPSA) is 52.6 Å². The Bertz CT molecular complexity index is 361. The van der Waals surface area contributed by atoms with Gasteiger partial charge in [0.2, 0.25) is 0 Å². The fourth-order valence-electron chi connectivity index (χ4n) is 2.02. The van der Waals surface area contributed by atoms with Crippen LogP contribution in [0.1, 0.15) is 10.4 Å². The minimum atomic E-state index is -0.921. The van der Waals surface area contributed by atoms with Crippen LogP contribution in [0.4, 0.5) is 0 Å². The first-order chi connectivity index (χ1) is 8.27. The smallest absolute Gasteiger partial charge is 0.192 e. The van der Waals surface area contributed by atoms with Gasteiger partial charge in [-0.15, -0.1) is 0 Å². The van der Waals surface area contributed by atoms with Crippen molar-refractivity contribution in [2.75, 3.05) is 32.7 Å². The van der Waals surface area contributed by atoms with Gasteiger partial charge in [0.05, 0.1) is 0 Å². The van der Waals surface area contributed by atoms with Crippen molar-refractivity contribution < 1.29 is 9.90 Å². The van der Waals surface area contributed by atoms with Crippen LogP contribution >= 0.6 is 0 Å². The highest BCUT2D eigenvalue weighted by molar-refractivity contribution is 5.99. The van der Waals surface area contributed by atoms with E-state index in [0.29, 0.717) is 12.1 Å². The molecule has 0 aliphatic carbocycles. The summed E-state index contributed by atoms with van der Waals surface area (Å²) in [5.41, 5.74) is 0.579. The molecule has 0 spiro atoms. The van der Waals surface area contributed by atoms with Gasteiger partial charge >= 0.3 is 0 Å². The summed E-state index contributed by atoms with van der Waals surface area (Å²) in [7, 11) is 0. The molecule has 0 saturated carbocycles. The standard InChI is InChI=1S/C13H18N2O2/c16-12(10-15-8-6-14-7-9-15)13(17)11-4-2-1-3-5-11/h1-5,12,14,16H,6-10H2. The van der Waals surface area contributed by atoms with Gasteiger partial charge < -0.3 is 10.4 Å². The molecule has 1 atom stereocenters. The molecule has 1 heterocycles. The average molecular weight is 234 g/mol. The highest BCUT2D eigenvalue weighted by Crippen LogP contribution is 2.05. The molecule has 1 unspecified atom stereocenters. The van der Waals surface area contributed by atoms with Gasteiger partial charge in [0.25, 0.3) is 0 Å².